The minimum absolute atomic E-state index is 0.0440. The summed E-state index contributed by atoms with van der Waals surface area (Å²) in [6.07, 6.45) is 2.02. The van der Waals surface area contributed by atoms with Crippen molar-refractivity contribution in [3.8, 4) is 0 Å². The van der Waals surface area contributed by atoms with E-state index in [2.05, 4.69) is 24.5 Å². The number of nitrogens with zero attached hydrogens (tertiary/aromatic N) is 1. The van der Waals surface area contributed by atoms with Gasteiger partial charge in [-0.2, -0.15) is 0 Å². The van der Waals surface area contributed by atoms with Crippen molar-refractivity contribution in [3.63, 3.8) is 0 Å². The first-order valence-electron chi connectivity index (χ1n) is 11.2. The Labute approximate surface area is 185 Å². The first kappa shape index (κ1) is 24.7. The topological polar surface area (TPSA) is 87.7 Å². The molecule has 1 aliphatic carbocycles. The largest absolute Gasteiger partial charge is 0.444 e. The van der Waals surface area contributed by atoms with Crippen LogP contribution >= 0.6 is 0 Å². The van der Waals surface area contributed by atoms with E-state index in [0.29, 0.717) is 12.5 Å². The summed E-state index contributed by atoms with van der Waals surface area (Å²) < 4.78 is 5.29. The van der Waals surface area contributed by atoms with Crippen LogP contribution in [0.2, 0.25) is 0 Å². The quantitative estimate of drug-likeness (QED) is 0.582. The lowest BCUT2D eigenvalue weighted by Crippen LogP contribution is -2.53. The zero-order valence-corrected chi connectivity index (χ0v) is 19.6. The van der Waals surface area contributed by atoms with E-state index in [1.165, 1.54) is 0 Å². The summed E-state index contributed by atoms with van der Waals surface area (Å²) in [4.78, 5) is 40.6. The van der Waals surface area contributed by atoms with Crippen LogP contribution < -0.4 is 10.6 Å². The molecular formula is C24H37N3O4. The highest BCUT2D eigenvalue weighted by molar-refractivity contribution is 5.92. The molecule has 2 N–H and O–H groups in total. The van der Waals surface area contributed by atoms with E-state index in [-0.39, 0.29) is 17.9 Å². The van der Waals surface area contributed by atoms with Crippen molar-refractivity contribution < 1.29 is 19.1 Å². The van der Waals surface area contributed by atoms with Gasteiger partial charge in [0.15, 0.2) is 0 Å². The molecule has 7 nitrogen and oxygen atoms in total. The molecule has 0 spiro atoms. The molecule has 31 heavy (non-hydrogen) atoms. The summed E-state index contributed by atoms with van der Waals surface area (Å²) in [5.74, 6) is -0.191. The summed E-state index contributed by atoms with van der Waals surface area (Å²) in [6.45, 7) is 11.6. The highest BCUT2D eigenvalue weighted by Crippen LogP contribution is 2.40. The summed E-state index contributed by atoms with van der Waals surface area (Å²) in [6, 6.07) is 7.73. The molecule has 0 aromatic heterocycles. The van der Waals surface area contributed by atoms with Crippen LogP contribution in [-0.2, 0) is 14.3 Å². The van der Waals surface area contributed by atoms with Crippen LogP contribution in [-0.4, -0.2) is 47.0 Å². The molecule has 172 valence electrons. The fourth-order valence-corrected chi connectivity index (χ4v) is 3.50. The molecule has 0 radical (unpaired) electrons. The Bertz CT molecular complexity index is 760. The standard InChI is InChI=1S/C24H37N3O4/c1-7-8-14-25-21(28)20(18-12-10-9-11-13-18)27(19-15-16(19)2)22(29)17(3)26-23(30)31-24(4,5)6/h9-13,16-17,19-20H,7-8,14-15H2,1-6H3,(H,25,28)(H,26,30). The molecule has 3 amide bonds. The number of hydrogen-bond acceptors (Lipinski definition) is 4. The molecule has 1 aromatic carbocycles. The lowest BCUT2D eigenvalue weighted by atomic mass is 10.0. The van der Waals surface area contributed by atoms with Gasteiger partial charge in [-0.25, -0.2) is 4.79 Å². The zero-order chi connectivity index (χ0) is 23.2. The van der Waals surface area contributed by atoms with E-state index in [4.69, 9.17) is 4.74 Å². The number of carbonyl (C=O) groups excluding carboxylic acids is 3. The molecule has 4 unspecified atom stereocenters. The Morgan fingerprint density at radius 2 is 1.81 bits per heavy atom. The van der Waals surface area contributed by atoms with Crippen LogP contribution in [0.25, 0.3) is 0 Å². The van der Waals surface area contributed by atoms with Crippen molar-refractivity contribution in [3.05, 3.63) is 35.9 Å². The maximum absolute atomic E-state index is 13.5. The first-order chi connectivity index (χ1) is 14.5. The molecule has 1 aliphatic rings. The first-order valence-corrected chi connectivity index (χ1v) is 11.2. The maximum Gasteiger partial charge on any atom is 0.408 e. The minimum atomic E-state index is -0.822. The van der Waals surface area contributed by atoms with E-state index >= 15 is 0 Å². The number of amides is 3. The second kappa shape index (κ2) is 10.6. The third kappa shape index (κ3) is 7.26. The Morgan fingerprint density at radius 3 is 2.32 bits per heavy atom. The van der Waals surface area contributed by atoms with Crippen molar-refractivity contribution in [2.45, 2.75) is 84.5 Å². The van der Waals surface area contributed by atoms with Crippen molar-refractivity contribution in [1.29, 1.82) is 0 Å². The monoisotopic (exact) mass is 431 g/mol. The van der Waals surface area contributed by atoms with Gasteiger partial charge in [-0.3, -0.25) is 9.59 Å². The van der Waals surface area contributed by atoms with Gasteiger partial charge in [0.2, 0.25) is 11.8 Å². The summed E-state index contributed by atoms with van der Waals surface area (Å²) in [7, 11) is 0. The predicted octanol–water partition coefficient (Wildman–Crippen LogP) is 3.79. The van der Waals surface area contributed by atoms with Gasteiger partial charge in [0.25, 0.3) is 0 Å². The Balaban J connectivity index is 2.28. The summed E-state index contributed by atoms with van der Waals surface area (Å²) in [5, 5.41) is 5.61. The predicted molar refractivity (Wildman–Crippen MR) is 120 cm³/mol. The van der Waals surface area contributed by atoms with Crippen molar-refractivity contribution in [1.82, 2.24) is 15.5 Å². The van der Waals surface area contributed by atoms with Crippen LogP contribution in [0.15, 0.2) is 30.3 Å². The van der Waals surface area contributed by atoms with Gasteiger partial charge in [-0.15, -0.1) is 0 Å². The third-order valence-corrected chi connectivity index (χ3v) is 5.25. The average molecular weight is 432 g/mol. The number of nitrogens with one attached hydrogen (secondary N) is 2. The highest BCUT2D eigenvalue weighted by Gasteiger charge is 2.47. The second-order valence-corrected chi connectivity index (χ2v) is 9.35. The number of alkyl carbamates (subject to hydrolysis) is 1. The SMILES string of the molecule is CCCCNC(=O)C(c1ccccc1)N(C(=O)C(C)NC(=O)OC(C)(C)C)C1CC1C. The minimum Gasteiger partial charge on any atom is -0.444 e. The second-order valence-electron chi connectivity index (χ2n) is 9.35. The number of unbranched alkanes of at least 4 members (excludes halogenated alkanes) is 1. The van der Waals surface area contributed by atoms with Gasteiger partial charge in [0.1, 0.15) is 17.7 Å². The lowest BCUT2D eigenvalue weighted by molar-refractivity contribution is -0.143. The number of rotatable bonds is 9. The van der Waals surface area contributed by atoms with E-state index < -0.39 is 23.8 Å². The highest BCUT2D eigenvalue weighted by atomic mass is 16.6. The zero-order valence-electron chi connectivity index (χ0n) is 19.6. The molecule has 1 fully saturated rings. The normalized spacial score (nSPS) is 19.7. The maximum atomic E-state index is 13.5. The molecule has 0 heterocycles. The van der Waals surface area contributed by atoms with Crippen LogP contribution in [0.4, 0.5) is 4.79 Å². The fraction of sp³-hybridized carbons (Fsp3) is 0.625. The van der Waals surface area contributed by atoms with Crippen LogP contribution in [0, 0.1) is 5.92 Å². The van der Waals surface area contributed by atoms with Crippen molar-refractivity contribution in [2.75, 3.05) is 6.54 Å². The summed E-state index contributed by atoms with van der Waals surface area (Å²) >= 11 is 0. The number of benzene rings is 1. The number of hydrogen-bond donors (Lipinski definition) is 2. The Kier molecular flexibility index (Phi) is 8.48. The molecule has 7 heteroatoms. The molecule has 0 saturated heterocycles. The van der Waals surface area contributed by atoms with Gasteiger partial charge in [-0.1, -0.05) is 50.6 Å². The van der Waals surface area contributed by atoms with Gasteiger partial charge in [0.05, 0.1) is 0 Å². The molecule has 1 aromatic rings. The molecule has 1 saturated carbocycles. The van der Waals surface area contributed by atoms with Crippen LogP contribution in [0.1, 0.15) is 72.4 Å². The van der Waals surface area contributed by atoms with Gasteiger partial charge in [0, 0.05) is 12.6 Å². The molecule has 0 bridgehead atoms. The van der Waals surface area contributed by atoms with Gasteiger partial charge < -0.3 is 20.3 Å². The molecule has 4 atom stereocenters. The van der Waals surface area contributed by atoms with E-state index in [1.54, 1.807) is 32.6 Å². The smallest absolute Gasteiger partial charge is 0.408 e. The Hall–Kier alpha value is -2.57. The molecular weight excluding hydrogens is 394 g/mol. The third-order valence-electron chi connectivity index (χ3n) is 5.25. The summed E-state index contributed by atoms with van der Waals surface area (Å²) in [5.41, 5.74) is 0.0944. The van der Waals surface area contributed by atoms with E-state index in [1.807, 2.05) is 30.3 Å². The Morgan fingerprint density at radius 1 is 1.19 bits per heavy atom. The van der Waals surface area contributed by atoms with Crippen molar-refractivity contribution in [2.24, 2.45) is 5.92 Å². The van der Waals surface area contributed by atoms with E-state index in [9.17, 15) is 14.4 Å². The van der Waals surface area contributed by atoms with Crippen molar-refractivity contribution >= 4 is 17.9 Å². The van der Waals surface area contributed by atoms with Crippen LogP contribution in [0.5, 0.6) is 0 Å². The van der Waals surface area contributed by atoms with Gasteiger partial charge >= 0.3 is 6.09 Å². The van der Waals surface area contributed by atoms with E-state index in [0.717, 1.165) is 24.8 Å². The average Bonchev–Trinajstić information content (AvgIpc) is 3.40. The number of carbonyl (C=O) groups is 3. The van der Waals surface area contributed by atoms with Gasteiger partial charge in [-0.05, 0) is 52.0 Å². The number of ether oxygens (including phenoxy) is 1. The van der Waals surface area contributed by atoms with Crippen LogP contribution in [0.3, 0.4) is 0 Å². The fourth-order valence-electron chi connectivity index (χ4n) is 3.50. The molecule has 2 rings (SSSR count). The lowest BCUT2D eigenvalue weighted by Gasteiger charge is -2.34. The molecule has 0 aliphatic heterocycles.